The highest BCUT2D eigenvalue weighted by Gasteiger charge is 2.70. The number of ketones is 1. The van der Waals surface area contributed by atoms with E-state index in [1.54, 1.807) is 0 Å². The van der Waals surface area contributed by atoms with Gasteiger partial charge in [-0.3, -0.25) is 4.79 Å². The maximum absolute atomic E-state index is 13.6. The van der Waals surface area contributed by atoms with E-state index in [2.05, 4.69) is 44.7 Å². The summed E-state index contributed by atoms with van der Waals surface area (Å²) in [6.07, 6.45) is 7.09. The topological polar surface area (TPSA) is 46.5 Å². The zero-order valence-electron chi connectivity index (χ0n) is 16.7. The second-order valence-electron chi connectivity index (χ2n) is 9.74. The number of benzene rings is 1. The van der Waals surface area contributed by atoms with E-state index in [4.69, 9.17) is 4.65 Å². The van der Waals surface area contributed by atoms with Crippen LogP contribution in [0.3, 0.4) is 0 Å². The molecule has 4 rings (SSSR count). The molecule has 0 aromatic heterocycles. The minimum atomic E-state index is -0.928. The Kier molecular flexibility index (Phi) is 4.63. The van der Waals surface area contributed by atoms with E-state index in [0.29, 0.717) is 12.2 Å². The maximum atomic E-state index is 13.6. The summed E-state index contributed by atoms with van der Waals surface area (Å²) < 4.78 is 6.32. The minimum absolute atomic E-state index is 0.0973. The van der Waals surface area contributed by atoms with Gasteiger partial charge in [-0.05, 0) is 55.0 Å². The summed E-state index contributed by atoms with van der Waals surface area (Å²) in [5, 5.41) is 10.5. The molecule has 1 N–H and O–H groups in total. The molecule has 0 radical (unpaired) electrons. The Morgan fingerprint density at radius 1 is 1.30 bits per heavy atom. The van der Waals surface area contributed by atoms with E-state index < -0.39 is 18.1 Å². The van der Waals surface area contributed by atoms with Crippen LogP contribution in [0, 0.1) is 16.7 Å². The second kappa shape index (κ2) is 6.60. The van der Waals surface area contributed by atoms with Gasteiger partial charge in [0, 0.05) is 12.3 Å². The number of aryl methyl sites for hydroxylation is 1. The van der Waals surface area contributed by atoms with Crippen molar-refractivity contribution in [3.63, 3.8) is 0 Å². The smallest absolute Gasteiger partial charge is 0.423 e. The van der Waals surface area contributed by atoms with Crippen LogP contribution in [0.2, 0.25) is 0 Å². The number of Topliss-reactive ketones (excluding diaryl/α,β-unsaturated/α-hetero) is 1. The molecule has 0 bridgehead atoms. The average molecular weight is 366 g/mol. The monoisotopic (exact) mass is 366 g/mol. The van der Waals surface area contributed by atoms with Crippen molar-refractivity contribution in [2.45, 2.75) is 70.8 Å². The molecule has 3 nitrogen and oxygen atoms in total. The lowest BCUT2D eigenvalue weighted by molar-refractivity contribution is -0.182. The average Bonchev–Trinajstić information content (AvgIpc) is 2.85. The first-order valence-electron chi connectivity index (χ1n) is 10.4. The van der Waals surface area contributed by atoms with Gasteiger partial charge in [0.25, 0.3) is 0 Å². The highest BCUT2D eigenvalue weighted by Crippen LogP contribution is 2.65. The van der Waals surface area contributed by atoms with Crippen molar-refractivity contribution in [3.8, 4) is 0 Å². The van der Waals surface area contributed by atoms with Crippen LogP contribution in [0.25, 0.3) is 0 Å². The summed E-state index contributed by atoms with van der Waals surface area (Å²) in [4.78, 5) is 13.6. The molecule has 3 atom stereocenters. The van der Waals surface area contributed by atoms with Gasteiger partial charge in [-0.1, -0.05) is 50.6 Å². The fourth-order valence-electron chi connectivity index (χ4n) is 6.31. The van der Waals surface area contributed by atoms with Crippen molar-refractivity contribution in [2.75, 3.05) is 0 Å². The molecule has 1 heterocycles. The number of hydrogen-bond donors (Lipinski definition) is 1. The highest BCUT2D eigenvalue weighted by atomic mass is 16.5. The largest absolute Gasteiger partial charge is 0.487 e. The molecule has 1 spiro atoms. The molecule has 27 heavy (non-hydrogen) atoms. The normalized spacial score (nSPS) is 35.1. The Morgan fingerprint density at radius 3 is 2.78 bits per heavy atom. The molecule has 1 aromatic rings. The van der Waals surface area contributed by atoms with Gasteiger partial charge in [0.1, 0.15) is 5.78 Å². The maximum Gasteiger partial charge on any atom is 0.487 e. The number of hydrogen-bond acceptors (Lipinski definition) is 3. The third kappa shape index (κ3) is 2.92. The lowest BCUT2D eigenvalue weighted by Gasteiger charge is -2.60. The first-order chi connectivity index (χ1) is 12.8. The van der Waals surface area contributed by atoms with Gasteiger partial charge in [0.2, 0.25) is 0 Å². The number of rotatable bonds is 4. The number of carbonyl (C=O) groups excluding carboxylic acids is 1. The van der Waals surface area contributed by atoms with Gasteiger partial charge in [0.05, 0.1) is 11.0 Å². The molecule has 2 aliphatic carbocycles. The van der Waals surface area contributed by atoms with Crippen LogP contribution in [0.15, 0.2) is 42.4 Å². The molecule has 3 aliphatic rings. The van der Waals surface area contributed by atoms with E-state index in [9.17, 15) is 9.82 Å². The molecule has 144 valence electrons. The van der Waals surface area contributed by atoms with Crippen molar-refractivity contribution in [3.05, 3.63) is 47.9 Å². The molecule has 1 unspecified atom stereocenters. The van der Waals surface area contributed by atoms with Crippen LogP contribution in [-0.4, -0.2) is 23.5 Å². The summed E-state index contributed by atoms with van der Waals surface area (Å²) >= 11 is 0. The zero-order valence-corrected chi connectivity index (χ0v) is 16.7. The fourth-order valence-corrected chi connectivity index (χ4v) is 6.31. The lowest BCUT2D eigenvalue weighted by atomic mass is 9.46. The Balaban J connectivity index is 1.66. The van der Waals surface area contributed by atoms with Crippen LogP contribution >= 0.6 is 0 Å². The van der Waals surface area contributed by atoms with Gasteiger partial charge >= 0.3 is 7.12 Å². The molecular formula is C23H31BO3. The van der Waals surface area contributed by atoms with Crippen molar-refractivity contribution in [1.29, 1.82) is 0 Å². The summed E-state index contributed by atoms with van der Waals surface area (Å²) in [6.45, 7) is 8.48. The van der Waals surface area contributed by atoms with Crippen molar-refractivity contribution >= 4 is 12.9 Å². The third-order valence-electron chi connectivity index (χ3n) is 7.38. The van der Waals surface area contributed by atoms with Crippen LogP contribution in [0.1, 0.15) is 64.4 Å². The van der Waals surface area contributed by atoms with E-state index in [0.717, 1.165) is 50.4 Å². The van der Waals surface area contributed by atoms with Crippen LogP contribution in [0.5, 0.6) is 0 Å². The molecule has 1 aromatic carbocycles. The molecule has 4 heteroatoms. The molecule has 3 fully saturated rings. The van der Waals surface area contributed by atoms with Crippen molar-refractivity contribution < 1.29 is 14.5 Å². The Morgan fingerprint density at radius 2 is 2.04 bits per heavy atom. The molecule has 1 aliphatic heterocycles. The zero-order chi connectivity index (χ0) is 19.3. The third-order valence-corrected chi connectivity index (χ3v) is 7.38. The van der Waals surface area contributed by atoms with Gasteiger partial charge < -0.3 is 9.68 Å². The van der Waals surface area contributed by atoms with E-state index in [1.807, 2.05) is 6.07 Å². The summed E-state index contributed by atoms with van der Waals surface area (Å²) in [5.74, 6) is 0.444. The SMILES string of the molecule is C=C1B(O)O[C@@]23CC(C)(C)CC(=O)[C@]2(CCCc2ccccc2)CCCC13. The van der Waals surface area contributed by atoms with Gasteiger partial charge in [-0.25, -0.2) is 0 Å². The quantitative estimate of drug-likeness (QED) is 0.797. The highest BCUT2D eigenvalue weighted by molar-refractivity contribution is 6.53. The minimum Gasteiger partial charge on any atom is -0.423 e. The first kappa shape index (κ1) is 19.0. The summed E-state index contributed by atoms with van der Waals surface area (Å²) in [7, 11) is -0.928. The predicted octanol–water partition coefficient (Wildman–Crippen LogP) is 4.53. The fraction of sp³-hybridized carbons (Fsp3) is 0.609. The Labute approximate surface area is 163 Å². The molecule has 1 saturated heterocycles. The summed E-state index contributed by atoms with van der Waals surface area (Å²) in [5.41, 5.74) is 0.959. The Bertz CT molecular complexity index is 743. The van der Waals surface area contributed by atoms with E-state index >= 15 is 0 Å². The van der Waals surface area contributed by atoms with Gasteiger partial charge in [-0.2, -0.15) is 0 Å². The molecule has 0 amide bonds. The van der Waals surface area contributed by atoms with Crippen LogP contribution in [-0.2, 0) is 15.9 Å². The van der Waals surface area contributed by atoms with E-state index in [1.165, 1.54) is 5.56 Å². The van der Waals surface area contributed by atoms with Gasteiger partial charge in [0.15, 0.2) is 0 Å². The first-order valence-corrected chi connectivity index (χ1v) is 10.4. The van der Waals surface area contributed by atoms with E-state index in [-0.39, 0.29) is 11.3 Å². The Hall–Kier alpha value is -1.39. The van der Waals surface area contributed by atoms with Crippen molar-refractivity contribution in [1.82, 2.24) is 0 Å². The van der Waals surface area contributed by atoms with Gasteiger partial charge in [-0.15, -0.1) is 6.58 Å². The summed E-state index contributed by atoms with van der Waals surface area (Å²) in [6, 6.07) is 10.5. The van der Waals surface area contributed by atoms with Crippen molar-refractivity contribution in [2.24, 2.45) is 16.7 Å². The predicted molar refractivity (Wildman–Crippen MR) is 108 cm³/mol. The molecule has 2 saturated carbocycles. The van der Waals surface area contributed by atoms with Crippen LogP contribution in [0.4, 0.5) is 0 Å². The standard InChI is InChI=1S/C23H31BO3/c1-17-19-12-8-14-22(13-7-11-18-9-5-4-6-10-18)20(25)15-21(2,3)16-23(19,22)27-24(17)26/h4-6,9-10,19,26H,1,7-8,11-16H2,2-3H3/t19?,22-,23+/m0/s1. The lowest BCUT2D eigenvalue weighted by Crippen LogP contribution is -2.64. The second-order valence-corrected chi connectivity index (χ2v) is 9.74. The molecular weight excluding hydrogens is 335 g/mol. The number of carbonyl (C=O) groups is 1. The van der Waals surface area contributed by atoms with Crippen LogP contribution < -0.4 is 0 Å².